The molecule has 0 heterocycles. The Bertz CT molecular complexity index is 424. The van der Waals surface area contributed by atoms with Gasteiger partial charge in [0.15, 0.2) is 0 Å². The monoisotopic (exact) mass is 241 g/mol. The number of nitrogens with zero attached hydrogens (tertiary/aromatic N) is 1. The molecule has 0 fully saturated rings. The van der Waals surface area contributed by atoms with Gasteiger partial charge >= 0.3 is 5.97 Å². The molecule has 0 amide bonds. The Morgan fingerprint density at radius 1 is 1.50 bits per heavy atom. The second-order valence-corrected chi connectivity index (χ2v) is 3.29. The summed E-state index contributed by atoms with van der Waals surface area (Å²) in [6.45, 7) is 3.68. The summed E-state index contributed by atoms with van der Waals surface area (Å²) >= 11 is 0. The molecule has 0 aromatic heterocycles. The zero-order chi connectivity index (χ0) is 11.4. The van der Waals surface area contributed by atoms with Crippen molar-refractivity contribution >= 4 is 18.4 Å². The lowest BCUT2D eigenvalue weighted by molar-refractivity contribution is 0.0697. The molecule has 0 radical (unpaired) electrons. The van der Waals surface area contributed by atoms with Crippen molar-refractivity contribution in [3.63, 3.8) is 0 Å². The second kappa shape index (κ2) is 5.99. The first-order valence-electron chi connectivity index (χ1n) is 4.48. The third-order valence-electron chi connectivity index (χ3n) is 1.71. The standard InChI is InChI=1S/C11H11NO3.ClH/c1-7(2)15-10-4-3-8(11(13)14)5-9(10)6-12;/h3-5,7H,1-2H3,(H,13,14);1H. The van der Waals surface area contributed by atoms with E-state index in [4.69, 9.17) is 15.1 Å². The van der Waals surface area contributed by atoms with E-state index in [9.17, 15) is 4.79 Å². The van der Waals surface area contributed by atoms with E-state index in [2.05, 4.69) is 0 Å². The van der Waals surface area contributed by atoms with Gasteiger partial charge in [0.25, 0.3) is 0 Å². The fraction of sp³-hybridized carbons (Fsp3) is 0.273. The van der Waals surface area contributed by atoms with Gasteiger partial charge in [-0.1, -0.05) is 0 Å². The molecular weight excluding hydrogens is 230 g/mol. The first-order valence-corrected chi connectivity index (χ1v) is 4.48. The van der Waals surface area contributed by atoms with Gasteiger partial charge in [-0.15, -0.1) is 12.4 Å². The molecule has 1 N–H and O–H groups in total. The maximum absolute atomic E-state index is 10.7. The fourth-order valence-corrected chi connectivity index (χ4v) is 1.11. The van der Waals surface area contributed by atoms with Crippen LogP contribution in [-0.4, -0.2) is 17.2 Å². The molecule has 1 aromatic rings. The number of nitriles is 1. The van der Waals surface area contributed by atoms with E-state index in [1.807, 2.05) is 19.9 Å². The molecule has 0 aliphatic rings. The van der Waals surface area contributed by atoms with Gasteiger partial charge in [0, 0.05) is 0 Å². The van der Waals surface area contributed by atoms with Gasteiger partial charge in [0.05, 0.1) is 17.2 Å². The van der Waals surface area contributed by atoms with Crippen molar-refractivity contribution in [2.75, 3.05) is 0 Å². The van der Waals surface area contributed by atoms with Crippen LogP contribution >= 0.6 is 12.4 Å². The normalized spacial score (nSPS) is 9.12. The quantitative estimate of drug-likeness (QED) is 0.883. The van der Waals surface area contributed by atoms with Gasteiger partial charge in [-0.05, 0) is 32.0 Å². The lowest BCUT2D eigenvalue weighted by atomic mass is 10.1. The Morgan fingerprint density at radius 3 is 2.56 bits per heavy atom. The molecule has 1 aromatic carbocycles. The summed E-state index contributed by atoms with van der Waals surface area (Å²) in [5, 5.41) is 17.5. The summed E-state index contributed by atoms with van der Waals surface area (Å²) in [7, 11) is 0. The van der Waals surface area contributed by atoms with Crippen LogP contribution in [0.2, 0.25) is 0 Å². The molecule has 0 atom stereocenters. The highest BCUT2D eigenvalue weighted by atomic mass is 35.5. The van der Waals surface area contributed by atoms with Gasteiger partial charge in [0.2, 0.25) is 0 Å². The van der Waals surface area contributed by atoms with Crippen LogP contribution in [0.5, 0.6) is 5.75 Å². The van der Waals surface area contributed by atoms with Crippen molar-refractivity contribution in [2.45, 2.75) is 20.0 Å². The van der Waals surface area contributed by atoms with Crippen LogP contribution in [0, 0.1) is 11.3 Å². The smallest absolute Gasteiger partial charge is 0.335 e. The van der Waals surface area contributed by atoms with E-state index in [1.165, 1.54) is 18.2 Å². The topological polar surface area (TPSA) is 70.3 Å². The Balaban J connectivity index is 0.00000225. The number of hydrogen-bond donors (Lipinski definition) is 1. The third-order valence-corrected chi connectivity index (χ3v) is 1.71. The van der Waals surface area contributed by atoms with Crippen molar-refractivity contribution in [3.8, 4) is 11.8 Å². The maximum Gasteiger partial charge on any atom is 0.335 e. The van der Waals surface area contributed by atoms with Crippen LogP contribution < -0.4 is 4.74 Å². The molecule has 1 rings (SSSR count). The number of carboxylic acid groups (broad SMARTS) is 1. The molecule has 0 saturated carbocycles. The highest BCUT2D eigenvalue weighted by Crippen LogP contribution is 2.20. The van der Waals surface area contributed by atoms with Crippen molar-refractivity contribution in [1.29, 1.82) is 5.26 Å². The number of hydrogen-bond acceptors (Lipinski definition) is 3. The molecule has 16 heavy (non-hydrogen) atoms. The minimum Gasteiger partial charge on any atom is -0.490 e. The van der Waals surface area contributed by atoms with Crippen molar-refractivity contribution in [1.82, 2.24) is 0 Å². The molecule has 0 aliphatic heterocycles. The predicted octanol–water partition coefficient (Wildman–Crippen LogP) is 2.47. The van der Waals surface area contributed by atoms with Crippen LogP contribution in [0.25, 0.3) is 0 Å². The van der Waals surface area contributed by atoms with Crippen LogP contribution in [0.1, 0.15) is 29.8 Å². The Morgan fingerprint density at radius 2 is 2.12 bits per heavy atom. The third kappa shape index (κ3) is 3.44. The maximum atomic E-state index is 10.7. The van der Waals surface area contributed by atoms with Crippen LogP contribution in [0.4, 0.5) is 0 Å². The van der Waals surface area contributed by atoms with Crippen LogP contribution in [0.15, 0.2) is 18.2 Å². The lowest BCUT2D eigenvalue weighted by Crippen LogP contribution is -2.07. The summed E-state index contributed by atoms with van der Waals surface area (Å²) in [6, 6.07) is 6.13. The van der Waals surface area contributed by atoms with Gasteiger partial charge in [0.1, 0.15) is 11.8 Å². The molecule has 86 valence electrons. The summed E-state index contributed by atoms with van der Waals surface area (Å²) in [5.41, 5.74) is 0.325. The van der Waals surface area contributed by atoms with E-state index in [1.54, 1.807) is 0 Å². The number of rotatable bonds is 3. The van der Waals surface area contributed by atoms with Crippen molar-refractivity contribution < 1.29 is 14.6 Å². The number of benzene rings is 1. The van der Waals surface area contributed by atoms with Crippen molar-refractivity contribution in [3.05, 3.63) is 29.3 Å². The SMILES string of the molecule is CC(C)Oc1ccc(C(=O)O)cc1C#N.Cl. The van der Waals surface area contributed by atoms with E-state index in [0.717, 1.165) is 0 Å². The number of carbonyl (C=O) groups is 1. The first-order chi connectivity index (χ1) is 7.04. The zero-order valence-corrected chi connectivity index (χ0v) is 9.75. The molecule has 5 heteroatoms. The number of carboxylic acids is 1. The Hall–Kier alpha value is -1.73. The lowest BCUT2D eigenvalue weighted by Gasteiger charge is -2.11. The van der Waals surface area contributed by atoms with Gasteiger partial charge in [-0.2, -0.15) is 5.26 Å². The summed E-state index contributed by atoms with van der Waals surface area (Å²) < 4.78 is 5.36. The number of halogens is 1. The van der Waals surface area contributed by atoms with Gasteiger partial charge in [-0.3, -0.25) is 0 Å². The molecule has 0 bridgehead atoms. The van der Waals surface area contributed by atoms with Crippen molar-refractivity contribution in [2.24, 2.45) is 0 Å². The van der Waals surface area contributed by atoms with Crippen LogP contribution in [0.3, 0.4) is 0 Å². The highest BCUT2D eigenvalue weighted by Gasteiger charge is 2.09. The molecule has 0 saturated heterocycles. The summed E-state index contributed by atoms with van der Waals surface area (Å²) in [4.78, 5) is 10.7. The number of aromatic carboxylic acids is 1. The zero-order valence-electron chi connectivity index (χ0n) is 8.93. The Kier molecular flexibility index (Phi) is 5.34. The average molecular weight is 242 g/mol. The summed E-state index contributed by atoms with van der Waals surface area (Å²) in [6.07, 6.45) is -0.0484. The van der Waals surface area contributed by atoms with E-state index < -0.39 is 5.97 Å². The van der Waals surface area contributed by atoms with Crippen LogP contribution in [-0.2, 0) is 0 Å². The fourth-order valence-electron chi connectivity index (χ4n) is 1.11. The van der Waals surface area contributed by atoms with E-state index >= 15 is 0 Å². The van der Waals surface area contributed by atoms with E-state index in [0.29, 0.717) is 5.75 Å². The molecule has 0 spiro atoms. The van der Waals surface area contributed by atoms with E-state index in [-0.39, 0.29) is 29.6 Å². The number of ether oxygens (including phenoxy) is 1. The predicted molar refractivity (Wildman–Crippen MR) is 61.1 cm³/mol. The van der Waals surface area contributed by atoms with Gasteiger partial charge < -0.3 is 9.84 Å². The highest BCUT2D eigenvalue weighted by molar-refractivity contribution is 5.88. The minimum absolute atomic E-state index is 0. The second-order valence-electron chi connectivity index (χ2n) is 3.29. The average Bonchev–Trinajstić information content (AvgIpc) is 2.17. The largest absolute Gasteiger partial charge is 0.490 e. The molecular formula is C11H12ClNO3. The first kappa shape index (κ1) is 14.3. The minimum atomic E-state index is -1.05. The molecule has 4 nitrogen and oxygen atoms in total. The molecule has 0 unspecified atom stereocenters. The van der Waals surface area contributed by atoms with Gasteiger partial charge in [-0.25, -0.2) is 4.79 Å². The Labute approximate surface area is 99.9 Å². The molecule has 0 aliphatic carbocycles. The summed E-state index contributed by atoms with van der Waals surface area (Å²) in [5.74, 6) is -0.639.